The monoisotopic (exact) mass is 1200 g/mol. The lowest BCUT2D eigenvalue weighted by Gasteiger charge is -2.15. The molecule has 0 saturated carbocycles. The molecule has 0 aliphatic rings. The fourth-order valence-corrected chi connectivity index (χ4v) is 14.5. The molecule has 7 nitrogen and oxygen atoms in total. The Hall–Kier alpha value is -12.7. The molecule has 438 valence electrons. The zero-order valence-corrected chi connectivity index (χ0v) is 50.8. The van der Waals surface area contributed by atoms with E-state index in [1.807, 2.05) is 36.4 Å². The van der Waals surface area contributed by atoms with Gasteiger partial charge < -0.3 is 18.1 Å². The van der Waals surface area contributed by atoms with E-state index in [1.54, 1.807) is 0 Å². The third-order valence-corrected chi connectivity index (χ3v) is 18.9. The minimum absolute atomic E-state index is 0.603. The van der Waals surface area contributed by atoms with E-state index in [0.717, 1.165) is 144 Å². The standard InChI is InChI=1S/C87H54N6O/c1-6-22-55(23-7-1)59-40-45-77-71(49-59)72-51-62(61-42-44-76-70(50-61)68-34-16-18-37-75(68)91(76)65-32-14-5-15-33-65)43-46-78(72)93(77)81-54-66(53-73-69-35-17-19-39-82(69)94-84(73)81)92-79-47-41-60(56-24-8-2-9-25-56)52-74(79)83-67(36-21-38-80(83)92)63-30-20-31-64(48-63)87-89-85(57-26-10-3-11-27-57)88-86(90-87)58-28-12-4-13-29-58/h1-54H. The van der Waals surface area contributed by atoms with E-state index in [0.29, 0.717) is 17.5 Å². The van der Waals surface area contributed by atoms with Crippen molar-refractivity contribution in [3.63, 3.8) is 0 Å². The Labute approximate surface area is 540 Å². The number of para-hydroxylation sites is 3. The van der Waals surface area contributed by atoms with Crippen molar-refractivity contribution in [3.8, 4) is 95.7 Å². The van der Waals surface area contributed by atoms with Crippen LogP contribution in [0.2, 0.25) is 0 Å². The van der Waals surface area contributed by atoms with Gasteiger partial charge >= 0.3 is 0 Å². The Morgan fingerprint density at radius 1 is 0.223 bits per heavy atom. The number of hydrogen-bond acceptors (Lipinski definition) is 4. The molecule has 0 radical (unpaired) electrons. The molecule has 19 aromatic rings. The average molecular weight is 1200 g/mol. The van der Waals surface area contributed by atoms with Gasteiger partial charge in [0, 0.05) is 71.2 Å². The van der Waals surface area contributed by atoms with Gasteiger partial charge in [-0.05, 0) is 142 Å². The van der Waals surface area contributed by atoms with Crippen molar-refractivity contribution in [2.45, 2.75) is 0 Å². The maximum atomic E-state index is 7.16. The summed E-state index contributed by atoms with van der Waals surface area (Å²) in [6, 6.07) is 118. The lowest BCUT2D eigenvalue weighted by atomic mass is 9.96. The van der Waals surface area contributed by atoms with E-state index in [1.165, 1.54) is 21.8 Å². The van der Waals surface area contributed by atoms with Crippen molar-refractivity contribution < 1.29 is 4.42 Å². The molecule has 14 aromatic carbocycles. The van der Waals surface area contributed by atoms with E-state index < -0.39 is 0 Å². The molecule has 0 fully saturated rings. The summed E-state index contributed by atoms with van der Waals surface area (Å²) in [4.78, 5) is 15.4. The third-order valence-electron chi connectivity index (χ3n) is 18.9. The number of furan rings is 1. The quantitative estimate of drug-likeness (QED) is 0.137. The summed E-state index contributed by atoms with van der Waals surface area (Å²) in [6.45, 7) is 0. The second-order valence-electron chi connectivity index (χ2n) is 24.3. The van der Waals surface area contributed by atoms with Gasteiger partial charge in [0.05, 0.1) is 38.8 Å². The molecular formula is C87H54N6O. The van der Waals surface area contributed by atoms with Gasteiger partial charge in [-0.15, -0.1) is 0 Å². The second kappa shape index (κ2) is 21.5. The van der Waals surface area contributed by atoms with Crippen molar-refractivity contribution in [2.24, 2.45) is 0 Å². The molecule has 0 spiro atoms. The molecule has 0 saturated heterocycles. The summed E-state index contributed by atoms with van der Waals surface area (Å²) >= 11 is 0. The van der Waals surface area contributed by atoms with Crippen LogP contribution in [0.5, 0.6) is 0 Å². The highest BCUT2D eigenvalue weighted by atomic mass is 16.3. The minimum Gasteiger partial charge on any atom is -0.454 e. The van der Waals surface area contributed by atoms with Gasteiger partial charge in [-0.25, -0.2) is 15.0 Å². The first-order valence-corrected chi connectivity index (χ1v) is 31.9. The molecule has 0 amide bonds. The van der Waals surface area contributed by atoms with Crippen LogP contribution in [-0.4, -0.2) is 28.7 Å². The summed E-state index contributed by atoms with van der Waals surface area (Å²) in [6.07, 6.45) is 0. The van der Waals surface area contributed by atoms with Crippen molar-refractivity contribution in [2.75, 3.05) is 0 Å². The number of nitrogens with zero attached hydrogens (tertiary/aromatic N) is 6. The van der Waals surface area contributed by atoms with Crippen LogP contribution < -0.4 is 0 Å². The van der Waals surface area contributed by atoms with Gasteiger partial charge in [0.1, 0.15) is 5.58 Å². The summed E-state index contributed by atoms with van der Waals surface area (Å²) in [5, 5.41) is 9.08. The molecule has 0 bridgehead atoms. The van der Waals surface area contributed by atoms with Gasteiger partial charge in [0.2, 0.25) is 0 Å². The summed E-state index contributed by atoms with van der Waals surface area (Å²) < 4.78 is 14.4. The van der Waals surface area contributed by atoms with Crippen molar-refractivity contribution in [1.82, 2.24) is 28.7 Å². The zero-order valence-electron chi connectivity index (χ0n) is 50.8. The number of rotatable bonds is 10. The van der Waals surface area contributed by atoms with Gasteiger partial charge in [-0.3, -0.25) is 0 Å². The summed E-state index contributed by atoms with van der Waals surface area (Å²) in [5.41, 5.74) is 23.2. The smallest absolute Gasteiger partial charge is 0.164 e. The molecule has 5 heterocycles. The maximum Gasteiger partial charge on any atom is 0.164 e. The lowest BCUT2D eigenvalue weighted by molar-refractivity contribution is 0.666. The topological polar surface area (TPSA) is 66.6 Å². The molecule has 7 heteroatoms. The average Bonchev–Trinajstić information content (AvgIpc) is 1.56. The van der Waals surface area contributed by atoms with Crippen LogP contribution in [0.15, 0.2) is 332 Å². The number of fused-ring (bicyclic) bond motifs is 12. The van der Waals surface area contributed by atoms with Crippen LogP contribution in [0.4, 0.5) is 0 Å². The Morgan fingerprint density at radius 2 is 0.638 bits per heavy atom. The lowest BCUT2D eigenvalue weighted by Crippen LogP contribution is -2.00. The SMILES string of the molecule is c1ccc(-c2ccc3c(c2)c2cc(-c4ccc5c(c4)c4ccccc4n5-c4ccccc4)ccc2n3-c2cc(-n3c4ccc(-c5ccccc5)cc4c4c(-c5cccc(-c6nc(-c7ccccc7)nc(-c7ccccc7)n6)c5)cccc43)cc3c2oc2ccccc23)cc1. The fourth-order valence-electron chi connectivity index (χ4n) is 14.5. The Bertz CT molecular complexity index is 6150. The van der Waals surface area contributed by atoms with E-state index in [4.69, 9.17) is 19.4 Å². The molecule has 94 heavy (non-hydrogen) atoms. The van der Waals surface area contributed by atoms with E-state index in [9.17, 15) is 0 Å². The predicted octanol–water partition coefficient (Wildman–Crippen LogP) is 22.7. The largest absolute Gasteiger partial charge is 0.454 e. The molecule has 0 aliphatic heterocycles. The van der Waals surface area contributed by atoms with Gasteiger partial charge in [-0.1, -0.05) is 231 Å². The highest BCUT2D eigenvalue weighted by Gasteiger charge is 2.25. The van der Waals surface area contributed by atoms with Crippen molar-refractivity contribution in [1.29, 1.82) is 0 Å². The second-order valence-corrected chi connectivity index (χ2v) is 24.3. The van der Waals surface area contributed by atoms with Crippen LogP contribution in [0.1, 0.15) is 0 Å². The normalized spacial score (nSPS) is 11.8. The number of hydrogen-bond donors (Lipinski definition) is 0. The Morgan fingerprint density at radius 3 is 1.24 bits per heavy atom. The van der Waals surface area contributed by atoms with Crippen LogP contribution >= 0.6 is 0 Å². The molecular weight excluding hydrogens is 1140 g/mol. The van der Waals surface area contributed by atoms with Crippen LogP contribution in [0.3, 0.4) is 0 Å². The van der Waals surface area contributed by atoms with E-state index in [2.05, 4.69) is 305 Å². The first kappa shape index (κ1) is 53.2. The highest BCUT2D eigenvalue weighted by Crippen LogP contribution is 2.46. The third kappa shape index (κ3) is 8.63. The molecule has 0 aliphatic carbocycles. The van der Waals surface area contributed by atoms with Gasteiger partial charge in [0.25, 0.3) is 0 Å². The fraction of sp³-hybridized carbons (Fsp3) is 0. The van der Waals surface area contributed by atoms with Crippen LogP contribution in [-0.2, 0) is 0 Å². The minimum atomic E-state index is 0.603. The Kier molecular flexibility index (Phi) is 12.1. The first-order chi connectivity index (χ1) is 46.6. The van der Waals surface area contributed by atoms with E-state index in [-0.39, 0.29) is 0 Å². The van der Waals surface area contributed by atoms with Gasteiger partial charge in [0.15, 0.2) is 23.1 Å². The first-order valence-electron chi connectivity index (χ1n) is 31.9. The number of benzene rings is 14. The highest BCUT2D eigenvalue weighted by molar-refractivity contribution is 6.19. The summed E-state index contributed by atoms with van der Waals surface area (Å²) in [7, 11) is 0. The molecule has 5 aromatic heterocycles. The summed E-state index contributed by atoms with van der Waals surface area (Å²) in [5.74, 6) is 1.84. The van der Waals surface area contributed by atoms with Crippen molar-refractivity contribution >= 4 is 87.4 Å². The zero-order chi connectivity index (χ0) is 61.8. The predicted molar refractivity (Wildman–Crippen MR) is 388 cm³/mol. The molecule has 0 unspecified atom stereocenters. The molecule has 0 N–H and O–H groups in total. The molecule has 0 atom stereocenters. The van der Waals surface area contributed by atoms with E-state index >= 15 is 0 Å². The number of aromatic nitrogens is 6. The molecule has 19 rings (SSSR count). The van der Waals surface area contributed by atoms with Crippen molar-refractivity contribution in [3.05, 3.63) is 328 Å². The van der Waals surface area contributed by atoms with Gasteiger partial charge in [-0.2, -0.15) is 0 Å². The van der Waals surface area contributed by atoms with Crippen LogP contribution in [0, 0.1) is 0 Å². The van der Waals surface area contributed by atoms with Crippen LogP contribution in [0.25, 0.3) is 183 Å². The maximum absolute atomic E-state index is 7.16. The Balaban J connectivity index is 0.835.